The Labute approximate surface area is 105 Å². The van der Waals surface area contributed by atoms with Gasteiger partial charge in [-0.05, 0) is 58.4 Å². The van der Waals surface area contributed by atoms with Gasteiger partial charge in [-0.25, -0.2) is 0 Å². The standard InChI is InChI=1S/C14H26N2O/c1-11(12-7-3-4-8-12)16-13(17)14(2)9-5-6-10-15-14/h11-12,15H,3-10H2,1-2H3,(H,16,17). The average molecular weight is 238 g/mol. The predicted octanol–water partition coefficient (Wildman–Crippen LogP) is 2.21. The number of carbonyl (C=O) groups excluding carboxylic acids is 1. The van der Waals surface area contributed by atoms with Crippen LogP contribution >= 0.6 is 0 Å². The van der Waals surface area contributed by atoms with Crippen LogP contribution in [0.15, 0.2) is 0 Å². The lowest BCUT2D eigenvalue weighted by atomic mass is 9.89. The molecule has 0 aromatic rings. The Morgan fingerprint density at radius 2 is 2.00 bits per heavy atom. The van der Waals surface area contributed by atoms with E-state index in [2.05, 4.69) is 17.6 Å². The minimum atomic E-state index is -0.328. The lowest BCUT2D eigenvalue weighted by Crippen LogP contribution is -2.58. The van der Waals surface area contributed by atoms with Gasteiger partial charge < -0.3 is 10.6 Å². The summed E-state index contributed by atoms with van der Waals surface area (Å²) < 4.78 is 0. The normalized spacial score (nSPS) is 32.4. The highest BCUT2D eigenvalue weighted by atomic mass is 16.2. The Hall–Kier alpha value is -0.570. The third-order valence-corrected chi connectivity index (χ3v) is 4.59. The van der Waals surface area contributed by atoms with Crippen LogP contribution in [0.5, 0.6) is 0 Å². The van der Waals surface area contributed by atoms with Gasteiger partial charge in [0.25, 0.3) is 0 Å². The minimum absolute atomic E-state index is 0.205. The third-order valence-electron chi connectivity index (χ3n) is 4.59. The first-order valence-corrected chi connectivity index (χ1v) is 7.18. The molecule has 0 radical (unpaired) electrons. The number of carbonyl (C=O) groups is 1. The lowest BCUT2D eigenvalue weighted by Gasteiger charge is -2.35. The van der Waals surface area contributed by atoms with Crippen molar-refractivity contribution >= 4 is 5.91 Å². The molecule has 17 heavy (non-hydrogen) atoms. The van der Waals surface area contributed by atoms with Crippen LogP contribution in [-0.2, 0) is 4.79 Å². The summed E-state index contributed by atoms with van der Waals surface area (Å²) in [6.07, 6.45) is 8.56. The van der Waals surface area contributed by atoms with Crippen molar-refractivity contribution in [3.05, 3.63) is 0 Å². The van der Waals surface area contributed by atoms with Crippen molar-refractivity contribution < 1.29 is 4.79 Å². The largest absolute Gasteiger partial charge is 0.352 e. The smallest absolute Gasteiger partial charge is 0.240 e. The summed E-state index contributed by atoms with van der Waals surface area (Å²) in [5.74, 6) is 0.905. The molecule has 2 N–H and O–H groups in total. The van der Waals surface area contributed by atoms with E-state index in [0.717, 1.165) is 19.4 Å². The molecule has 0 bridgehead atoms. The summed E-state index contributed by atoms with van der Waals surface area (Å²) in [5, 5.41) is 6.61. The molecule has 1 aliphatic carbocycles. The fourth-order valence-electron chi connectivity index (χ4n) is 3.19. The summed E-state index contributed by atoms with van der Waals surface area (Å²) in [5.41, 5.74) is -0.328. The predicted molar refractivity (Wildman–Crippen MR) is 69.8 cm³/mol. The molecule has 1 amide bonds. The van der Waals surface area contributed by atoms with E-state index in [4.69, 9.17) is 0 Å². The molecule has 2 atom stereocenters. The second-order valence-electron chi connectivity index (χ2n) is 6.02. The van der Waals surface area contributed by atoms with Gasteiger partial charge in [0.15, 0.2) is 0 Å². The SMILES string of the molecule is CC(NC(=O)C1(C)CCCCN1)C1CCCC1. The molecule has 1 saturated heterocycles. The first-order valence-electron chi connectivity index (χ1n) is 7.18. The first kappa shape index (κ1) is 12.9. The molecular weight excluding hydrogens is 212 g/mol. The maximum absolute atomic E-state index is 12.3. The molecule has 3 nitrogen and oxygen atoms in total. The van der Waals surface area contributed by atoms with Crippen LogP contribution in [0.4, 0.5) is 0 Å². The number of hydrogen-bond donors (Lipinski definition) is 2. The Kier molecular flexibility index (Phi) is 4.08. The Bertz CT molecular complexity index is 265. The van der Waals surface area contributed by atoms with Gasteiger partial charge in [-0.2, -0.15) is 0 Å². The van der Waals surface area contributed by atoms with E-state index in [9.17, 15) is 4.79 Å². The van der Waals surface area contributed by atoms with Gasteiger partial charge in [-0.15, -0.1) is 0 Å². The molecule has 1 saturated carbocycles. The molecule has 2 aliphatic rings. The second-order valence-corrected chi connectivity index (χ2v) is 6.02. The van der Waals surface area contributed by atoms with E-state index in [1.165, 1.54) is 32.1 Å². The zero-order valence-corrected chi connectivity index (χ0v) is 11.2. The van der Waals surface area contributed by atoms with Crippen LogP contribution in [0.1, 0.15) is 58.8 Å². The van der Waals surface area contributed by atoms with Gasteiger partial charge >= 0.3 is 0 Å². The highest BCUT2D eigenvalue weighted by Crippen LogP contribution is 2.28. The van der Waals surface area contributed by atoms with E-state index in [0.29, 0.717) is 12.0 Å². The number of piperidine rings is 1. The van der Waals surface area contributed by atoms with E-state index in [1.807, 2.05) is 6.92 Å². The highest BCUT2D eigenvalue weighted by molar-refractivity contribution is 5.86. The molecule has 0 aromatic carbocycles. The summed E-state index contributed by atoms with van der Waals surface area (Å²) in [6, 6.07) is 0.338. The third kappa shape index (κ3) is 3.01. The van der Waals surface area contributed by atoms with Gasteiger partial charge in [0.05, 0.1) is 5.54 Å². The second kappa shape index (κ2) is 5.38. The minimum Gasteiger partial charge on any atom is -0.352 e. The Morgan fingerprint density at radius 3 is 2.59 bits per heavy atom. The maximum Gasteiger partial charge on any atom is 0.240 e. The van der Waals surface area contributed by atoms with Crippen LogP contribution in [-0.4, -0.2) is 24.0 Å². The number of nitrogens with one attached hydrogen (secondary N) is 2. The van der Waals surface area contributed by atoms with Crippen molar-refractivity contribution in [3.63, 3.8) is 0 Å². The van der Waals surface area contributed by atoms with Crippen LogP contribution in [0, 0.1) is 5.92 Å². The van der Waals surface area contributed by atoms with Gasteiger partial charge in [-0.1, -0.05) is 12.8 Å². The van der Waals surface area contributed by atoms with Crippen molar-refractivity contribution in [3.8, 4) is 0 Å². The Morgan fingerprint density at radius 1 is 1.29 bits per heavy atom. The topological polar surface area (TPSA) is 41.1 Å². The monoisotopic (exact) mass is 238 g/mol. The molecule has 2 fully saturated rings. The molecule has 98 valence electrons. The van der Waals surface area contributed by atoms with Crippen molar-refractivity contribution in [1.29, 1.82) is 0 Å². The molecule has 1 heterocycles. The van der Waals surface area contributed by atoms with Crippen LogP contribution in [0.3, 0.4) is 0 Å². The molecule has 0 aromatic heterocycles. The van der Waals surface area contributed by atoms with Gasteiger partial charge in [0.2, 0.25) is 5.91 Å². The van der Waals surface area contributed by atoms with Crippen LogP contribution < -0.4 is 10.6 Å². The lowest BCUT2D eigenvalue weighted by molar-refractivity contribution is -0.128. The number of hydrogen-bond acceptors (Lipinski definition) is 2. The van der Waals surface area contributed by atoms with Crippen molar-refractivity contribution in [2.75, 3.05) is 6.54 Å². The molecule has 3 heteroatoms. The van der Waals surface area contributed by atoms with Gasteiger partial charge in [0.1, 0.15) is 0 Å². The summed E-state index contributed by atoms with van der Waals surface area (Å²) >= 11 is 0. The first-order chi connectivity index (χ1) is 8.12. The zero-order valence-electron chi connectivity index (χ0n) is 11.2. The molecule has 1 aliphatic heterocycles. The van der Waals surface area contributed by atoms with E-state index >= 15 is 0 Å². The summed E-state index contributed by atoms with van der Waals surface area (Å²) in [7, 11) is 0. The van der Waals surface area contributed by atoms with E-state index < -0.39 is 0 Å². The van der Waals surface area contributed by atoms with Gasteiger partial charge in [-0.3, -0.25) is 4.79 Å². The van der Waals surface area contributed by atoms with Crippen LogP contribution in [0.25, 0.3) is 0 Å². The molecule has 0 spiro atoms. The van der Waals surface area contributed by atoms with E-state index in [1.54, 1.807) is 0 Å². The molecular formula is C14H26N2O. The summed E-state index contributed by atoms with van der Waals surface area (Å²) in [4.78, 5) is 12.3. The number of rotatable bonds is 3. The quantitative estimate of drug-likeness (QED) is 0.791. The maximum atomic E-state index is 12.3. The highest BCUT2D eigenvalue weighted by Gasteiger charge is 2.35. The van der Waals surface area contributed by atoms with Crippen molar-refractivity contribution in [2.45, 2.75) is 70.4 Å². The molecule has 2 rings (SSSR count). The van der Waals surface area contributed by atoms with Crippen LogP contribution in [0.2, 0.25) is 0 Å². The fraction of sp³-hybridized carbons (Fsp3) is 0.929. The van der Waals surface area contributed by atoms with Crippen molar-refractivity contribution in [2.24, 2.45) is 5.92 Å². The fourth-order valence-corrected chi connectivity index (χ4v) is 3.19. The average Bonchev–Trinajstić information content (AvgIpc) is 2.83. The van der Waals surface area contributed by atoms with Gasteiger partial charge in [0, 0.05) is 6.04 Å². The summed E-state index contributed by atoms with van der Waals surface area (Å²) in [6.45, 7) is 5.19. The van der Waals surface area contributed by atoms with E-state index in [-0.39, 0.29) is 11.4 Å². The molecule has 2 unspecified atom stereocenters. The number of amides is 1. The zero-order chi connectivity index (χ0) is 12.3. The van der Waals surface area contributed by atoms with Crippen molar-refractivity contribution in [1.82, 2.24) is 10.6 Å². The Balaban J connectivity index is 1.86.